The molecule has 7 nitrogen and oxygen atoms in total. The summed E-state index contributed by atoms with van der Waals surface area (Å²) in [6.45, 7) is 1.77. The van der Waals surface area contributed by atoms with Gasteiger partial charge in [-0.25, -0.2) is 0 Å². The number of nitrogens with one attached hydrogen (secondary N) is 2. The molecule has 2 saturated heterocycles. The average molecular weight is 438 g/mol. The van der Waals surface area contributed by atoms with Gasteiger partial charge in [0.15, 0.2) is 0 Å². The number of benzene rings is 1. The molecule has 10 heteroatoms. The maximum atomic E-state index is 12.7. The van der Waals surface area contributed by atoms with Crippen LogP contribution >= 0.6 is 36.6 Å². The number of piperidine rings is 1. The third kappa shape index (κ3) is 5.49. The van der Waals surface area contributed by atoms with Gasteiger partial charge >= 0.3 is 11.9 Å². The molecule has 0 aliphatic carbocycles. The Morgan fingerprint density at radius 3 is 2.48 bits per heavy atom. The van der Waals surface area contributed by atoms with E-state index in [-0.39, 0.29) is 42.1 Å². The van der Waals surface area contributed by atoms with Crippen LogP contribution < -0.4 is 16.4 Å². The van der Waals surface area contributed by atoms with Crippen LogP contribution in [0.4, 0.5) is 0 Å². The van der Waals surface area contributed by atoms with Crippen LogP contribution in [0.25, 0.3) is 0 Å². The third-order valence-corrected chi connectivity index (χ3v) is 6.54. The summed E-state index contributed by atoms with van der Waals surface area (Å²) in [7, 11) is 0. The number of aliphatic carboxylic acids is 1. The van der Waals surface area contributed by atoms with Crippen LogP contribution in [0.15, 0.2) is 30.3 Å². The van der Waals surface area contributed by atoms with Crippen molar-refractivity contribution in [3.8, 4) is 0 Å². The smallest absolute Gasteiger partial charge is 0.324 e. The molecule has 2 heterocycles. The van der Waals surface area contributed by atoms with E-state index in [0.717, 1.165) is 31.5 Å². The fourth-order valence-corrected chi connectivity index (χ4v) is 5.04. The summed E-state index contributed by atoms with van der Waals surface area (Å²) in [6.07, 6.45) is 1.53. The maximum absolute atomic E-state index is 12.7. The largest absolute Gasteiger partial charge is 0.480 e. The zero-order valence-electron chi connectivity index (χ0n) is 14.6. The van der Waals surface area contributed by atoms with Crippen LogP contribution in [0.5, 0.6) is 0 Å². The highest BCUT2D eigenvalue weighted by molar-refractivity contribution is 8.01. The molecular weight excluding hydrogens is 413 g/mol. The van der Waals surface area contributed by atoms with Crippen LogP contribution in [0.1, 0.15) is 18.4 Å². The first-order chi connectivity index (χ1) is 12.0. The predicted molar refractivity (Wildman–Crippen MR) is 109 cm³/mol. The Morgan fingerprint density at radius 1 is 1.26 bits per heavy atom. The molecule has 0 amide bonds. The Bertz CT molecular complexity index is 632. The highest BCUT2D eigenvalue weighted by Gasteiger charge is 2.54. The Kier molecular flexibility index (Phi) is 9.33. The number of carbonyl (C=O) groups is 2. The summed E-state index contributed by atoms with van der Waals surface area (Å²) in [6, 6.07) is 7.86. The molecular formula is C17H25Cl2N3O4S. The van der Waals surface area contributed by atoms with Crippen LogP contribution in [-0.2, 0) is 20.9 Å². The molecule has 1 spiro atoms. The molecule has 1 aromatic carbocycles. The minimum atomic E-state index is -1.08. The lowest BCUT2D eigenvalue weighted by Gasteiger charge is -2.36. The number of esters is 1. The van der Waals surface area contributed by atoms with Crippen molar-refractivity contribution in [3.63, 3.8) is 0 Å². The number of rotatable bonds is 5. The molecule has 5 N–H and O–H groups in total. The van der Waals surface area contributed by atoms with Crippen molar-refractivity contribution in [1.29, 1.82) is 0 Å². The van der Waals surface area contributed by atoms with Gasteiger partial charge in [0.1, 0.15) is 18.7 Å². The third-order valence-electron chi connectivity index (χ3n) is 4.74. The molecule has 0 bridgehead atoms. The van der Waals surface area contributed by atoms with Gasteiger partial charge in [-0.3, -0.25) is 14.9 Å². The average Bonchev–Trinajstić information content (AvgIpc) is 2.99. The Balaban J connectivity index is 0.00000182. The summed E-state index contributed by atoms with van der Waals surface area (Å²) in [5.41, 5.74) is 6.70. The lowest BCUT2D eigenvalue weighted by Crippen LogP contribution is -2.54. The van der Waals surface area contributed by atoms with E-state index in [9.17, 15) is 14.7 Å². The van der Waals surface area contributed by atoms with Gasteiger partial charge in [-0.2, -0.15) is 0 Å². The van der Waals surface area contributed by atoms with Crippen molar-refractivity contribution >= 4 is 48.5 Å². The molecule has 2 aliphatic heterocycles. The van der Waals surface area contributed by atoms with Crippen LogP contribution in [0.2, 0.25) is 0 Å². The molecule has 2 aliphatic rings. The number of halogens is 2. The van der Waals surface area contributed by atoms with E-state index in [1.807, 2.05) is 30.3 Å². The molecule has 2 fully saturated rings. The maximum Gasteiger partial charge on any atom is 0.324 e. The SMILES string of the molecule is Cl.Cl.NC(C(=O)O)C1NC(C(=O)OCc2ccccc2)C2(CCNCC2)S1. The molecule has 0 aromatic heterocycles. The second-order valence-corrected chi connectivity index (χ2v) is 7.97. The van der Waals surface area contributed by atoms with Crippen molar-refractivity contribution in [1.82, 2.24) is 10.6 Å². The lowest BCUT2D eigenvalue weighted by atomic mass is 9.89. The van der Waals surface area contributed by atoms with Gasteiger partial charge < -0.3 is 20.9 Å². The van der Waals surface area contributed by atoms with Crippen molar-refractivity contribution < 1.29 is 19.4 Å². The monoisotopic (exact) mass is 437 g/mol. The van der Waals surface area contributed by atoms with E-state index in [2.05, 4.69) is 10.6 Å². The predicted octanol–water partition coefficient (Wildman–Crippen LogP) is 1.14. The van der Waals surface area contributed by atoms with Gasteiger partial charge in [-0.15, -0.1) is 36.6 Å². The van der Waals surface area contributed by atoms with Crippen LogP contribution in [-0.4, -0.2) is 52.3 Å². The van der Waals surface area contributed by atoms with Crippen LogP contribution in [0.3, 0.4) is 0 Å². The summed E-state index contributed by atoms with van der Waals surface area (Å²) in [5, 5.41) is 15.1. The second-order valence-electron chi connectivity index (χ2n) is 6.41. The van der Waals surface area contributed by atoms with E-state index in [4.69, 9.17) is 10.5 Å². The van der Waals surface area contributed by atoms with Crippen molar-refractivity contribution in [2.45, 2.75) is 41.7 Å². The normalized spacial score (nSPS) is 24.3. The zero-order chi connectivity index (χ0) is 17.9. The minimum absolute atomic E-state index is 0. The van der Waals surface area contributed by atoms with E-state index < -0.39 is 23.4 Å². The Labute approximate surface area is 175 Å². The van der Waals surface area contributed by atoms with Gasteiger partial charge in [0.05, 0.1) is 5.37 Å². The number of hydrogen-bond acceptors (Lipinski definition) is 7. The Morgan fingerprint density at radius 2 is 1.89 bits per heavy atom. The highest BCUT2D eigenvalue weighted by Crippen LogP contribution is 2.45. The molecule has 152 valence electrons. The van der Waals surface area contributed by atoms with Gasteiger partial charge in [0, 0.05) is 4.75 Å². The molecule has 0 radical (unpaired) electrons. The van der Waals surface area contributed by atoms with Gasteiger partial charge in [0.25, 0.3) is 0 Å². The first-order valence-corrected chi connectivity index (χ1v) is 9.23. The quantitative estimate of drug-likeness (QED) is 0.507. The van der Waals surface area contributed by atoms with Gasteiger partial charge in [-0.05, 0) is 31.5 Å². The van der Waals surface area contributed by atoms with Crippen molar-refractivity contribution in [2.24, 2.45) is 5.73 Å². The molecule has 27 heavy (non-hydrogen) atoms. The van der Waals surface area contributed by atoms with Crippen LogP contribution in [0, 0.1) is 0 Å². The molecule has 1 aromatic rings. The molecule has 3 atom stereocenters. The minimum Gasteiger partial charge on any atom is -0.480 e. The topological polar surface area (TPSA) is 114 Å². The first-order valence-electron chi connectivity index (χ1n) is 8.35. The fourth-order valence-electron chi connectivity index (χ4n) is 3.33. The van der Waals surface area contributed by atoms with Gasteiger partial charge in [0.2, 0.25) is 0 Å². The number of ether oxygens (including phenoxy) is 1. The number of nitrogens with two attached hydrogens (primary N) is 1. The highest BCUT2D eigenvalue weighted by atomic mass is 35.5. The molecule has 3 rings (SSSR count). The van der Waals surface area contributed by atoms with Gasteiger partial charge in [-0.1, -0.05) is 30.3 Å². The first kappa shape index (κ1) is 24.0. The number of carbonyl (C=O) groups excluding carboxylic acids is 1. The van der Waals surface area contributed by atoms with Crippen molar-refractivity contribution in [3.05, 3.63) is 35.9 Å². The Hall–Kier alpha value is -1.03. The number of thioether (sulfide) groups is 1. The van der Waals surface area contributed by atoms with Crippen molar-refractivity contribution in [2.75, 3.05) is 13.1 Å². The standard InChI is InChI=1S/C17H23N3O4S.2ClH/c18-12(15(21)22)14-20-13(17(25-14)6-8-19-9-7-17)16(23)24-10-11-4-2-1-3-5-11;;/h1-5,12-14,19-20H,6-10,18H2,(H,21,22);2*1H. The van der Waals surface area contributed by atoms with E-state index in [1.165, 1.54) is 11.8 Å². The summed E-state index contributed by atoms with van der Waals surface area (Å²) in [4.78, 5) is 24.0. The number of hydrogen-bond donors (Lipinski definition) is 4. The summed E-state index contributed by atoms with van der Waals surface area (Å²) < 4.78 is 5.13. The lowest BCUT2D eigenvalue weighted by molar-refractivity contribution is -0.149. The summed E-state index contributed by atoms with van der Waals surface area (Å²) >= 11 is 1.47. The summed E-state index contributed by atoms with van der Waals surface area (Å²) in [5.74, 6) is -1.43. The number of carboxylic acid groups (broad SMARTS) is 1. The molecule has 0 saturated carbocycles. The van der Waals surface area contributed by atoms with E-state index >= 15 is 0 Å². The second kappa shape index (κ2) is 10.5. The van der Waals surface area contributed by atoms with E-state index in [0.29, 0.717) is 0 Å². The van der Waals surface area contributed by atoms with E-state index in [1.54, 1.807) is 0 Å². The molecule has 3 unspecified atom stereocenters. The fraction of sp³-hybridized carbons (Fsp3) is 0.529. The number of carboxylic acids is 1. The zero-order valence-corrected chi connectivity index (χ0v) is 17.1.